The number of urea groups is 1. The van der Waals surface area contributed by atoms with Gasteiger partial charge in [0.25, 0.3) is 0 Å². The molecule has 1 aliphatic rings. The highest BCUT2D eigenvalue weighted by molar-refractivity contribution is 5.89. The monoisotopic (exact) mass is 300 g/mol. The predicted molar refractivity (Wildman–Crippen MR) is 84.1 cm³/mol. The fourth-order valence-corrected chi connectivity index (χ4v) is 2.64. The van der Waals surface area contributed by atoms with Crippen LogP contribution in [-0.2, 0) is 0 Å². The number of hydrogen-bond acceptors (Lipinski definition) is 3. The highest BCUT2D eigenvalue weighted by Crippen LogP contribution is 2.19. The van der Waals surface area contributed by atoms with Crippen molar-refractivity contribution in [3.63, 3.8) is 0 Å². The summed E-state index contributed by atoms with van der Waals surface area (Å²) in [6.07, 6.45) is 2.74. The Hall–Kier alpha value is -2.34. The van der Waals surface area contributed by atoms with Crippen molar-refractivity contribution in [3.05, 3.63) is 42.1 Å². The minimum Gasteiger partial charge on any atom is -0.396 e. The zero-order valence-corrected chi connectivity index (χ0v) is 12.6. The standard InChI is InChI=1S/C16H20N4O2/c1-12-9-20(14-5-3-2-4-6-14)18-15(12)17-16(22)19-8-7-13(10-19)11-21/h2-6,9,13,21H,7-8,10-11H2,1H3,(H,17,18,22). The maximum Gasteiger partial charge on any atom is 0.323 e. The molecule has 1 fully saturated rings. The Labute approximate surface area is 129 Å². The Morgan fingerprint density at radius 3 is 2.86 bits per heavy atom. The number of anilines is 1. The fourth-order valence-electron chi connectivity index (χ4n) is 2.64. The van der Waals surface area contributed by atoms with Crippen LogP contribution in [-0.4, -0.2) is 45.5 Å². The van der Waals surface area contributed by atoms with E-state index >= 15 is 0 Å². The third-order valence-corrected chi connectivity index (χ3v) is 3.97. The summed E-state index contributed by atoms with van der Waals surface area (Å²) in [5.74, 6) is 0.759. The molecule has 0 aliphatic carbocycles. The molecule has 2 amide bonds. The third kappa shape index (κ3) is 2.96. The van der Waals surface area contributed by atoms with E-state index in [1.165, 1.54) is 0 Å². The van der Waals surface area contributed by atoms with E-state index in [1.807, 2.05) is 43.5 Å². The topological polar surface area (TPSA) is 70.4 Å². The number of para-hydroxylation sites is 1. The predicted octanol–water partition coefficient (Wildman–Crippen LogP) is 2.03. The molecule has 2 heterocycles. The number of benzene rings is 1. The van der Waals surface area contributed by atoms with Crippen LogP contribution in [0.15, 0.2) is 36.5 Å². The van der Waals surface area contributed by atoms with Gasteiger partial charge in [0.15, 0.2) is 5.82 Å². The summed E-state index contributed by atoms with van der Waals surface area (Å²) in [5, 5.41) is 16.5. The molecular weight excluding hydrogens is 280 g/mol. The Morgan fingerprint density at radius 1 is 1.41 bits per heavy atom. The van der Waals surface area contributed by atoms with E-state index in [9.17, 15) is 4.79 Å². The van der Waals surface area contributed by atoms with Gasteiger partial charge in [0.05, 0.1) is 5.69 Å². The molecule has 1 unspecified atom stereocenters. The molecule has 2 N–H and O–H groups in total. The van der Waals surface area contributed by atoms with Gasteiger partial charge in [-0.25, -0.2) is 9.48 Å². The molecule has 2 aromatic rings. The number of nitrogens with zero attached hydrogens (tertiary/aromatic N) is 3. The first-order valence-electron chi connectivity index (χ1n) is 7.46. The van der Waals surface area contributed by atoms with Crippen LogP contribution in [0, 0.1) is 12.8 Å². The lowest BCUT2D eigenvalue weighted by Crippen LogP contribution is -2.33. The Kier molecular flexibility index (Phi) is 4.11. The van der Waals surface area contributed by atoms with Gasteiger partial charge in [-0.05, 0) is 25.5 Å². The SMILES string of the molecule is Cc1cn(-c2ccccc2)nc1NC(=O)N1CCC(CO)C1. The van der Waals surface area contributed by atoms with Crippen molar-refractivity contribution in [2.75, 3.05) is 25.0 Å². The van der Waals surface area contributed by atoms with Gasteiger partial charge < -0.3 is 10.0 Å². The second-order valence-corrected chi connectivity index (χ2v) is 5.65. The number of aromatic nitrogens is 2. The van der Waals surface area contributed by atoms with Crippen molar-refractivity contribution < 1.29 is 9.90 Å². The molecule has 6 heteroatoms. The average molecular weight is 300 g/mol. The first-order chi connectivity index (χ1) is 10.7. The number of rotatable bonds is 3. The molecule has 0 saturated carbocycles. The Bertz CT molecular complexity index is 653. The van der Waals surface area contributed by atoms with Crippen LogP contribution in [0.3, 0.4) is 0 Å². The van der Waals surface area contributed by atoms with Crippen molar-refractivity contribution in [2.24, 2.45) is 5.92 Å². The van der Waals surface area contributed by atoms with Crippen LogP contribution in [0.5, 0.6) is 0 Å². The second kappa shape index (κ2) is 6.19. The van der Waals surface area contributed by atoms with Crippen LogP contribution in [0.25, 0.3) is 5.69 Å². The van der Waals surface area contributed by atoms with Crippen LogP contribution in [0.4, 0.5) is 10.6 Å². The van der Waals surface area contributed by atoms with Gasteiger partial charge in [-0.1, -0.05) is 18.2 Å². The average Bonchev–Trinajstić information content (AvgIpc) is 3.15. The molecule has 0 bridgehead atoms. The Morgan fingerprint density at radius 2 is 2.18 bits per heavy atom. The number of amides is 2. The molecule has 22 heavy (non-hydrogen) atoms. The number of nitrogens with one attached hydrogen (secondary N) is 1. The van der Waals surface area contributed by atoms with Gasteiger partial charge in [-0.3, -0.25) is 5.32 Å². The molecule has 1 atom stereocenters. The van der Waals surface area contributed by atoms with E-state index in [-0.39, 0.29) is 18.6 Å². The Balaban J connectivity index is 1.71. The number of hydrogen-bond donors (Lipinski definition) is 2. The minimum absolute atomic E-state index is 0.130. The van der Waals surface area contributed by atoms with Gasteiger partial charge in [-0.2, -0.15) is 0 Å². The van der Waals surface area contributed by atoms with E-state index in [4.69, 9.17) is 5.11 Å². The molecule has 0 radical (unpaired) electrons. The van der Waals surface area contributed by atoms with Gasteiger partial charge in [0.1, 0.15) is 0 Å². The molecular formula is C16H20N4O2. The van der Waals surface area contributed by atoms with Crippen molar-refractivity contribution in [1.29, 1.82) is 0 Å². The molecule has 1 aromatic heterocycles. The summed E-state index contributed by atoms with van der Waals surface area (Å²) in [6, 6.07) is 9.62. The number of aliphatic hydroxyl groups is 1. The lowest BCUT2D eigenvalue weighted by Gasteiger charge is -2.16. The van der Waals surface area contributed by atoms with Gasteiger partial charge in [0.2, 0.25) is 0 Å². The number of carbonyl (C=O) groups is 1. The number of likely N-dealkylation sites (tertiary alicyclic amines) is 1. The first-order valence-corrected chi connectivity index (χ1v) is 7.46. The number of aliphatic hydroxyl groups excluding tert-OH is 1. The molecule has 6 nitrogen and oxygen atoms in total. The van der Waals surface area contributed by atoms with Gasteiger partial charge in [0, 0.05) is 37.4 Å². The molecule has 1 aliphatic heterocycles. The maximum atomic E-state index is 12.3. The summed E-state index contributed by atoms with van der Waals surface area (Å²) >= 11 is 0. The maximum absolute atomic E-state index is 12.3. The van der Waals surface area contributed by atoms with Crippen molar-refractivity contribution in [2.45, 2.75) is 13.3 Å². The highest BCUT2D eigenvalue weighted by atomic mass is 16.3. The zero-order chi connectivity index (χ0) is 15.5. The first kappa shape index (κ1) is 14.6. The molecule has 0 spiro atoms. The van der Waals surface area contributed by atoms with E-state index in [0.717, 1.165) is 17.7 Å². The van der Waals surface area contributed by atoms with Gasteiger partial charge in [-0.15, -0.1) is 5.10 Å². The number of aryl methyl sites for hydroxylation is 1. The van der Waals surface area contributed by atoms with Crippen LogP contribution in [0.1, 0.15) is 12.0 Å². The second-order valence-electron chi connectivity index (χ2n) is 5.65. The lowest BCUT2D eigenvalue weighted by atomic mass is 10.1. The quantitative estimate of drug-likeness (QED) is 0.911. The fraction of sp³-hybridized carbons (Fsp3) is 0.375. The van der Waals surface area contributed by atoms with E-state index < -0.39 is 0 Å². The van der Waals surface area contributed by atoms with Crippen LogP contribution >= 0.6 is 0 Å². The summed E-state index contributed by atoms with van der Waals surface area (Å²) in [6.45, 7) is 3.32. The smallest absolute Gasteiger partial charge is 0.323 e. The molecule has 3 rings (SSSR count). The van der Waals surface area contributed by atoms with E-state index in [0.29, 0.717) is 18.9 Å². The highest BCUT2D eigenvalue weighted by Gasteiger charge is 2.26. The molecule has 116 valence electrons. The van der Waals surface area contributed by atoms with E-state index in [1.54, 1.807) is 9.58 Å². The summed E-state index contributed by atoms with van der Waals surface area (Å²) in [7, 11) is 0. The van der Waals surface area contributed by atoms with E-state index in [2.05, 4.69) is 10.4 Å². The third-order valence-electron chi connectivity index (χ3n) is 3.97. The largest absolute Gasteiger partial charge is 0.396 e. The summed E-state index contributed by atoms with van der Waals surface area (Å²) in [5.41, 5.74) is 1.86. The minimum atomic E-state index is -0.155. The van der Waals surface area contributed by atoms with Crippen LogP contribution in [0.2, 0.25) is 0 Å². The van der Waals surface area contributed by atoms with Crippen LogP contribution < -0.4 is 5.32 Å². The van der Waals surface area contributed by atoms with Crippen molar-refractivity contribution >= 4 is 11.8 Å². The summed E-state index contributed by atoms with van der Waals surface area (Å²) < 4.78 is 1.76. The molecule has 1 aromatic carbocycles. The normalized spacial score (nSPS) is 17.7. The number of carbonyl (C=O) groups excluding carboxylic acids is 1. The zero-order valence-electron chi connectivity index (χ0n) is 12.6. The van der Waals surface area contributed by atoms with Gasteiger partial charge >= 0.3 is 6.03 Å². The van der Waals surface area contributed by atoms with Crippen molar-refractivity contribution in [1.82, 2.24) is 14.7 Å². The lowest BCUT2D eigenvalue weighted by molar-refractivity contribution is 0.208. The molecule has 1 saturated heterocycles. The summed E-state index contributed by atoms with van der Waals surface area (Å²) in [4.78, 5) is 14.0. The van der Waals surface area contributed by atoms with Crippen molar-refractivity contribution in [3.8, 4) is 5.69 Å².